The predicted octanol–water partition coefficient (Wildman–Crippen LogP) is 7.39. The average molecular weight is 693 g/mol. The molecule has 4 aromatic rings. The van der Waals surface area contributed by atoms with Gasteiger partial charge in [-0.15, -0.1) is 0 Å². The predicted molar refractivity (Wildman–Crippen MR) is 183 cm³/mol. The minimum atomic E-state index is -4.95. The molecule has 0 saturated carbocycles. The lowest BCUT2D eigenvalue weighted by Crippen LogP contribution is -2.62. The van der Waals surface area contributed by atoms with Crippen LogP contribution in [-0.4, -0.2) is 62.5 Å². The van der Waals surface area contributed by atoms with Crippen LogP contribution in [0.5, 0.6) is 0 Å². The van der Waals surface area contributed by atoms with E-state index in [1.165, 1.54) is 12.1 Å². The number of nitrogens with two attached hydrogens (primary N) is 1. The van der Waals surface area contributed by atoms with Crippen LogP contribution in [0.15, 0.2) is 126 Å². The quantitative estimate of drug-likeness (QED) is 0.0967. The van der Waals surface area contributed by atoms with Crippen molar-refractivity contribution in [3.8, 4) is 0 Å². The standard InChI is InChI=1S/C39H43F3N2O6/c1-28(22-43)23-45-27-33-34(46-24-29-14-6-2-7-15-29)35(47-25-30-16-8-3-9-17-30)36(48-26-31-18-10-4-11-19-31)37(49-33)50-38(39(40,41)42)44-32-20-12-5-13-21-32/h2-21,28,33-37H,22-27,43H2,1H3. The fourth-order valence-corrected chi connectivity index (χ4v) is 5.31. The molecule has 0 aromatic heterocycles. The number of rotatable bonds is 16. The Morgan fingerprint density at radius 3 is 1.64 bits per heavy atom. The molecular weight excluding hydrogens is 649 g/mol. The fourth-order valence-electron chi connectivity index (χ4n) is 5.31. The Kier molecular flexibility index (Phi) is 13.9. The van der Waals surface area contributed by atoms with Crippen molar-refractivity contribution in [2.45, 2.75) is 63.6 Å². The lowest BCUT2D eigenvalue weighted by molar-refractivity contribution is -0.316. The van der Waals surface area contributed by atoms with Crippen molar-refractivity contribution < 1.29 is 41.6 Å². The molecule has 2 N–H and O–H groups in total. The highest BCUT2D eigenvalue weighted by molar-refractivity contribution is 5.84. The number of nitrogens with zero attached hydrogens (tertiary/aromatic N) is 1. The molecule has 266 valence electrons. The summed E-state index contributed by atoms with van der Waals surface area (Å²) in [6.07, 6.45) is -10.5. The van der Waals surface area contributed by atoms with E-state index in [2.05, 4.69) is 4.99 Å². The zero-order chi connectivity index (χ0) is 35.2. The Balaban J connectivity index is 1.53. The average Bonchev–Trinajstić information content (AvgIpc) is 3.14. The molecule has 1 heterocycles. The van der Waals surface area contributed by atoms with Crippen molar-refractivity contribution in [2.24, 2.45) is 16.6 Å². The summed E-state index contributed by atoms with van der Waals surface area (Å²) >= 11 is 0. The van der Waals surface area contributed by atoms with Crippen LogP contribution in [-0.2, 0) is 48.2 Å². The molecule has 4 aromatic carbocycles. The first kappa shape index (κ1) is 37.2. The number of benzene rings is 4. The van der Waals surface area contributed by atoms with Crippen LogP contribution in [0.4, 0.5) is 18.9 Å². The van der Waals surface area contributed by atoms with Crippen LogP contribution in [0.2, 0.25) is 0 Å². The van der Waals surface area contributed by atoms with Crippen molar-refractivity contribution in [1.82, 2.24) is 0 Å². The second kappa shape index (κ2) is 18.8. The molecular formula is C39H43F3N2O6. The second-order valence-electron chi connectivity index (χ2n) is 12.1. The third kappa shape index (κ3) is 11.2. The van der Waals surface area contributed by atoms with Crippen molar-refractivity contribution in [3.63, 3.8) is 0 Å². The molecule has 50 heavy (non-hydrogen) atoms. The van der Waals surface area contributed by atoms with E-state index in [9.17, 15) is 13.2 Å². The third-order valence-electron chi connectivity index (χ3n) is 7.99. The van der Waals surface area contributed by atoms with E-state index in [0.717, 1.165) is 16.7 Å². The van der Waals surface area contributed by atoms with E-state index in [4.69, 9.17) is 34.2 Å². The highest BCUT2D eigenvalue weighted by Gasteiger charge is 2.52. The summed E-state index contributed by atoms with van der Waals surface area (Å²) < 4.78 is 81.3. The number of hydrogen-bond donors (Lipinski definition) is 1. The summed E-state index contributed by atoms with van der Waals surface area (Å²) in [5.41, 5.74) is 8.42. The molecule has 0 amide bonds. The first-order chi connectivity index (χ1) is 24.3. The SMILES string of the molecule is CC(CN)COCC1OC(OC(=Nc2ccccc2)C(F)(F)F)C(OCc2ccccc2)C(OCc2ccccc2)C1OCc1ccccc1. The van der Waals surface area contributed by atoms with Crippen molar-refractivity contribution in [3.05, 3.63) is 138 Å². The summed E-state index contributed by atoms with van der Waals surface area (Å²) in [5.74, 6) is -1.44. The van der Waals surface area contributed by atoms with Gasteiger partial charge < -0.3 is 34.2 Å². The van der Waals surface area contributed by atoms with Crippen LogP contribution >= 0.6 is 0 Å². The van der Waals surface area contributed by atoms with Crippen molar-refractivity contribution >= 4 is 11.6 Å². The first-order valence-electron chi connectivity index (χ1n) is 16.6. The summed E-state index contributed by atoms with van der Waals surface area (Å²) in [4.78, 5) is 3.83. The number of para-hydroxylation sites is 1. The molecule has 5 rings (SSSR count). The topological polar surface area (TPSA) is 93.8 Å². The molecule has 11 heteroatoms. The zero-order valence-electron chi connectivity index (χ0n) is 27.9. The van der Waals surface area contributed by atoms with Gasteiger partial charge in [0.15, 0.2) is 0 Å². The molecule has 0 bridgehead atoms. The van der Waals surface area contributed by atoms with E-state index in [-0.39, 0.29) is 38.0 Å². The molecule has 1 saturated heterocycles. The van der Waals surface area contributed by atoms with Crippen LogP contribution < -0.4 is 5.73 Å². The molecule has 8 nitrogen and oxygen atoms in total. The first-order valence-corrected chi connectivity index (χ1v) is 16.6. The molecule has 6 unspecified atom stereocenters. The number of alkyl halides is 3. The maximum atomic E-state index is 14.6. The number of halogens is 3. The monoisotopic (exact) mass is 692 g/mol. The van der Waals surface area contributed by atoms with E-state index in [0.29, 0.717) is 13.2 Å². The van der Waals surface area contributed by atoms with Gasteiger partial charge in [0, 0.05) is 0 Å². The fraction of sp³-hybridized carbons (Fsp3) is 0.359. The van der Waals surface area contributed by atoms with Gasteiger partial charge in [0.25, 0.3) is 5.90 Å². The van der Waals surface area contributed by atoms with E-state index < -0.39 is 42.8 Å². The van der Waals surface area contributed by atoms with E-state index >= 15 is 0 Å². The Labute approximate surface area is 290 Å². The number of hydrogen-bond acceptors (Lipinski definition) is 8. The second-order valence-corrected chi connectivity index (χ2v) is 12.1. The van der Waals surface area contributed by atoms with Crippen molar-refractivity contribution in [2.75, 3.05) is 19.8 Å². The lowest BCUT2D eigenvalue weighted by atomic mass is 9.97. The van der Waals surface area contributed by atoms with E-state index in [1.54, 1.807) is 18.2 Å². The third-order valence-corrected chi connectivity index (χ3v) is 7.99. The lowest BCUT2D eigenvalue weighted by Gasteiger charge is -2.45. The smallest absolute Gasteiger partial charge is 0.441 e. The Hall–Kier alpha value is -4.10. The molecule has 1 aliphatic rings. The minimum absolute atomic E-state index is 0.0303. The van der Waals surface area contributed by atoms with Gasteiger partial charge in [0.1, 0.15) is 24.4 Å². The van der Waals surface area contributed by atoms with Gasteiger partial charge in [0.05, 0.1) is 38.7 Å². The maximum Gasteiger partial charge on any atom is 0.468 e. The molecule has 0 radical (unpaired) electrons. The van der Waals surface area contributed by atoms with Gasteiger partial charge in [0.2, 0.25) is 6.29 Å². The van der Waals surface area contributed by atoms with Crippen LogP contribution in [0, 0.1) is 5.92 Å². The van der Waals surface area contributed by atoms with Gasteiger partial charge in [-0.1, -0.05) is 116 Å². The van der Waals surface area contributed by atoms with Gasteiger partial charge in [-0.2, -0.15) is 13.2 Å². The Morgan fingerprint density at radius 1 is 0.700 bits per heavy atom. The minimum Gasteiger partial charge on any atom is -0.441 e. The van der Waals surface area contributed by atoms with Crippen LogP contribution in [0.25, 0.3) is 0 Å². The normalized spacial score (nSPS) is 21.9. The highest BCUT2D eigenvalue weighted by atomic mass is 19.4. The molecule has 0 aliphatic carbocycles. The summed E-state index contributed by atoms with van der Waals surface area (Å²) in [6.45, 7) is 2.95. The number of aliphatic imine (C=N–C) groups is 1. The van der Waals surface area contributed by atoms with E-state index in [1.807, 2.05) is 97.9 Å². The van der Waals surface area contributed by atoms with Crippen molar-refractivity contribution in [1.29, 1.82) is 0 Å². The molecule has 6 atom stereocenters. The Morgan fingerprint density at radius 2 is 1.16 bits per heavy atom. The molecule has 1 aliphatic heterocycles. The Bertz CT molecular complexity index is 1560. The summed E-state index contributed by atoms with van der Waals surface area (Å²) in [7, 11) is 0. The van der Waals surface area contributed by atoms with Gasteiger partial charge in [-0.25, -0.2) is 4.99 Å². The molecule has 0 spiro atoms. The van der Waals surface area contributed by atoms with Gasteiger partial charge in [-0.3, -0.25) is 0 Å². The summed E-state index contributed by atoms with van der Waals surface area (Å²) in [6, 6.07) is 36.0. The van der Waals surface area contributed by atoms with Crippen LogP contribution in [0.3, 0.4) is 0 Å². The highest BCUT2D eigenvalue weighted by Crippen LogP contribution is 2.34. The number of ether oxygens (including phenoxy) is 6. The van der Waals surface area contributed by atoms with Gasteiger partial charge in [-0.05, 0) is 41.3 Å². The van der Waals surface area contributed by atoms with Gasteiger partial charge >= 0.3 is 6.18 Å². The summed E-state index contributed by atoms with van der Waals surface area (Å²) in [5, 5.41) is 0. The van der Waals surface area contributed by atoms with Crippen LogP contribution in [0.1, 0.15) is 23.6 Å². The largest absolute Gasteiger partial charge is 0.468 e. The maximum absolute atomic E-state index is 14.6. The molecule has 1 fully saturated rings. The zero-order valence-corrected chi connectivity index (χ0v) is 27.9.